The van der Waals surface area contributed by atoms with Crippen LogP contribution in [-0.2, 0) is 11.3 Å². The van der Waals surface area contributed by atoms with E-state index in [9.17, 15) is 4.79 Å². The molecular weight excluding hydrogens is 352 g/mol. The Morgan fingerprint density at radius 2 is 1.52 bits per heavy atom. The molecule has 0 bridgehead atoms. The van der Waals surface area contributed by atoms with Crippen LogP contribution in [0, 0.1) is 0 Å². The summed E-state index contributed by atoms with van der Waals surface area (Å²) in [6.45, 7) is 0. The van der Waals surface area contributed by atoms with E-state index in [4.69, 9.17) is 29.5 Å². The molecule has 27 heavy (non-hydrogen) atoms. The van der Waals surface area contributed by atoms with Gasteiger partial charge in [-0.15, -0.1) is 0 Å². The second kappa shape index (κ2) is 9.33. The Bertz CT molecular complexity index is 792. The number of ether oxygens (including phenoxy) is 4. The van der Waals surface area contributed by atoms with E-state index in [0.717, 1.165) is 11.3 Å². The van der Waals surface area contributed by atoms with Crippen LogP contribution in [0.3, 0.4) is 0 Å². The first-order valence-electron chi connectivity index (χ1n) is 7.99. The van der Waals surface area contributed by atoms with Gasteiger partial charge in [-0.1, -0.05) is 17.3 Å². The molecule has 0 aromatic heterocycles. The summed E-state index contributed by atoms with van der Waals surface area (Å²) in [5, 5.41) is 3.69. The molecule has 8 nitrogen and oxygen atoms in total. The van der Waals surface area contributed by atoms with Crippen LogP contribution in [0.25, 0.3) is 0 Å². The van der Waals surface area contributed by atoms with Gasteiger partial charge >= 0.3 is 5.97 Å². The number of nitrogens with zero attached hydrogens (tertiary/aromatic N) is 1. The lowest BCUT2D eigenvalue weighted by Crippen LogP contribution is -2.16. The van der Waals surface area contributed by atoms with E-state index in [1.807, 2.05) is 24.3 Å². The molecule has 0 saturated heterocycles. The van der Waals surface area contributed by atoms with Gasteiger partial charge in [0, 0.05) is 6.42 Å². The van der Waals surface area contributed by atoms with Gasteiger partial charge in [0.1, 0.15) is 11.6 Å². The van der Waals surface area contributed by atoms with Crippen molar-refractivity contribution >= 4 is 11.8 Å². The molecule has 2 aromatic carbocycles. The Labute approximate surface area is 157 Å². The zero-order chi connectivity index (χ0) is 19.8. The lowest BCUT2D eigenvalue weighted by molar-refractivity contribution is 0.0514. The van der Waals surface area contributed by atoms with Gasteiger partial charge in [0.05, 0.1) is 34.0 Å². The Balaban J connectivity index is 2.10. The van der Waals surface area contributed by atoms with Crippen molar-refractivity contribution in [3.63, 3.8) is 0 Å². The number of carbonyl (C=O) groups excluding carboxylic acids is 1. The van der Waals surface area contributed by atoms with Crippen molar-refractivity contribution < 1.29 is 28.6 Å². The number of hydrogen-bond donors (Lipinski definition) is 1. The van der Waals surface area contributed by atoms with E-state index in [2.05, 4.69) is 5.16 Å². The molecule has 0 aliphatic carbocycles. The van der Waals surface area contributed by atoms with E-state index < -0.39 is 5.97 Å². The van der Waals surface area contributed by atoms with Crippen LogP contribution in [0.1, 0.15) is 15.9 Å². The highest BCUT2D eigenvalue weighted by Crippen LogP contribution is 2.38. The average Bonchev–Trinajstić information content (AvgIpc) is 2.71. The van der Waals surface area contributed by atoms with Crippen LogP contribution in [0.15, 0.2) is 41.6 Å². The molecule has 2 aromatic rings. The van der Waals surface area contributed by atoms with E-state index in [1.165, 1.54) is 33.5 Å². The normalized spacial score (nSPS) is 10.9. The van der Waals surface area contributed by atoms with Crippen LogP contribution < -0.4 is 24.7 Å². The van der Waals surface area contributed by atoms with Crippen LogP contribution in [0.5, 0.6) is 23.0 Å². The smallest absolute Gasteiger partial charge is 0.366 e. The Kier molecular flexibility index (Phi) is 6.87. The van der Waals surface area contributed by atoms with E-state index in [0.29, 0.717) is 23.7 Å². The summed E-state index contributed by atoms with van der Waals surface area (Å²) in [4.78, 5) is 17.2. The summed E-state index contributed by atoms with van der Waals surface area (Å²) in [6.07, 6.45) is 0.326. The first kappa shape index (κ1) is 19.9. The standard InChI is InChI=1S/C19H22N2O6/c1-23-14-7-5-12(6-8-14)9-17(20)21-27-19(22)13-10-15(24-2)18(26-4)16(11-13)25-3/h5-8,10-11H,9H2,1-4H3,(H2,20,21). The monoisotopic (exact) mass is 374 g/mol. The van der Waals surface area contributed by atoms with Gasteiger partial charge in [-0.05, 0) is 29.8 Å². The number of amidine groups is 1. The van der Waals surface area contributed by atoms with Gasteiger partial charge in [-0.2, -0.15) is 0 Å². The maximum atomic E-state index is 12.3. The zero-order valence-electron chi connectivity index (χ0n) is 15.6. The van der Waals surface area contributed by atoms with Crippen molar-refractivity contribution in [2.75, 3.05) is 28.4 Å². The molecule has 0 saturated carbocycles. The number of oxime groups is 1. The second-order valence-electron chi connectivity index (χ2n) is 5.40. The predicted octanol–water partition coefficient (Wildman–Crippen LogP) is 2.39. The maximum Gasteiger partial charge on any atom is 0.366 e. The third kappa shape index (κ3) is 5.04. The first-order chi connectivity index (χ1) is 13.0. The molecule has 0 aliphatic rings. The van der Waals surface area contributed by atoms with E-state index in [-0.39, 0.29) is 11.4 Å². The van der Waals surface area contributed by atoms with Gasteiger partial charge < -0.3 is 29.5 Å². The van der Waals surface area contributed by atoms with Crippen LogP contribution >= 0.6 is 0 Å². The third-order valence-corrected chi connectivity index (χ3v) is 3.69. The highest BCUT2D eigenvalue weighted by Gasteiger charge is 2.18. The van der Waals surface area contributed by atoms with Crippen molar-refractivity contribution in [2.24, 2.45) is 10.9 Å². The summed E-state index contributed by atoms with van der Waals surface area (Å²) >= 11 is 0. The molecule has 0 unspecified atom stereocenters. The summed E-state index contributed by atoms with van der Waals surface area (Å²) in [5.41, 5.74) is 6.92. The average molecular weight is 374 g/mol. The van der Waals surface area contributed by atoms with E-state index >= 15 is 0 Å². The fourth-order valence-corrected chi connectivity index (χ4v) is 2.34. The van der Waals surface area contributed by atoms with Gasteiger partial charge in [0.2, 0.25) is 5.75 Å². The number of hydrogen-bond acceptors (Lipinski definition) is 7. The minimum Gasteiger partial charge on any atom is -0.497 e. The second-order valence-corrected chi connectivity index (χ2v) is 5.40. The van der Waals surface area contributed by atoms with Gasteiger partial charge in [-0.3, -0.25) is 0 Å². The van der Waals surface area contributed by atoms with Crippen molar-refractivity contribution in [3.05, 3.63) is 47.5 Å². The number of methoxy groups -OCH3 is 4. The summed E-state index contributed by atoms with van der Waals surface area (Å²) < 4.78 is 20.7. The SMILES string of the molecule is COc1ccc(C/C(N)=N\OC(=O)c2cc(OC)c(OC)c(OC)c2)cc1. The molecule has 0 spiro atoms. The summed E-state index contributed by atoms with van der Waals surface area (Å²) in [6, 6.07) is 10.3. The minimum atomic E-state index is -0.702. The Morgan fingerprint density at radius 1 is 0.926 bits per heavy atom. The van der Waals surface area contributed by atoms with Crippen LogP contribution in [0.2, 0.25) is 0 Å². The Morgan fingerprint density at radius 3 is 2.00 bits per heavy atom. The molecule has 0 aliphatic heterocycles. The van der Waals surface area contributed by atoms with Gasteiger partial charge in [0.15, 0.2) is 11.5 Å². The van der Waals surface area contributed by atoms with E-state index in [1.54, 1.807) is 7.11 Å². The first-order valence-corrected chi connectivity index (χ1v) is 7.99. The maximum absolute atomic E-state index is 12.3. The van der Waals surface area contributed by atoms with Crippen LogP contribution in [0.4, 0.5) is 0 Å². The molecule has 144 valence electrons. The third-order valence-electron chi connectivity index (χ3n) is 3.69. The van der Waals surface area contributed by atoms with Gasteiger partial charge in [0.25, 0.3) is 0 Å². The number of carbonyl (C=O) groups is 1. The molecule has 0 amide bonds. The van der Waals surface area contributed by atoms with Crippen molar-refractivity contribution in [1.82, 2.24) is 0 Å². The highest BCUT2D eigenvalue weighted by molar-refractivity contribution is 5.92. The molecule has 8 heteroatoms. The number of benzene rings is 2. The molecule has 0 atom stereocenters. The summed E-state index contributed by atoms with van der Waals surface area (Å²) in [5.74, 6) is 1.23. The van der Waals surface area contributed by atoms with Crippen molar-refractivity contribution in [3.8, 4) is 23.0 Å². The lowest BCUT2D eigenvalue weighted by atomic mass is 10.1. The molecule has 0 radical (unpaired) electrons. The fraction of sp³-hybridized carbons (Fsp3) is 0.263. The summed E-state index contributed by atoms with van der Waals surface area (Å²) in [7, 11) is 5.98. The van der Waals surface area contributed by atoms with Gasteiger partial charge in [-0.25, -0.2) is 4.79 Å². The predicted molar refractivity (Wildman–Crippen MR) is 99.8 cm³/mol. The number of nitrogens with two attached hydrogens (primary N) is 1. The molecule has 2 N–H and O–H groups in total. The number of rotatable bonds is 8. The van der Waals surface area contributed by atoms with Crippen molar-refractivity contribution in [2.45, 2.75) is 6.42 Å². The van der Waals surface area contributed by atoms with Crippen molar-refractivity contribution in [1.29, 1.82) is 0 Å². The topological polar surface area (TPSA) is 102 Å². The molecule has 2 rings (SSSR count). The quantitative estimate of drug-likeness (QED) is 0.328. The zero-order valence-corrected chi connectivity index (χ0v) is 15.6. The highest BCUT2D eigenvalue weighted by atomic mass is 16.7. The minimum absolute atomic E-state index is 0.154. The molecule has 0 fully saturated rings. The fourth-order valence-electron chi connectivity index (χ4n) is 2.34. The largest absolute Gasteiger partial charge is 0.497 e. The molecular formula is C19H22N2O6. The lowest BCUT2D eigenvalue weighted by Gasteiger charge is -2.13. The van der Waals surface area contributed by atoms with Crippen LogP contribution in [-0.4, -0.2) is 40.2 Å². The molecule has 0 heterocycles. The Hall–Kier alpha value is -3.42.